The van der Waals surface area contributed by atoms with E-state index in [4.69, 9.17) is 0 Å². The molecule has 0 aromatic heterocycles. The maximum Gasteiger partial charge on any atom is 0.352 e. The lowest BCUT2D eigenvalue weighted by Crippen LogP contribution is -2.18. The van der Waals surface area contributed by atoms with Gasteiger partial charge in [0.2, 0.25) is 0 Å². The number of hydrogen-bond acceptors (Lipinski definition) is 5. The summed E-state index contributed by atoms with van der Waals surface area (Å²) in [5.41, 5.74) is 1.36. The first-order valence-electron chi connectivity index (χ1n) is 6.95. The van der Waals surface area contributed by atoms with Crippen LogP contribution in [-0.2, 0) is 4.79 Å². The van der Waals surface area contributed by atoms with E-state index in [-0.39, 0.29) is 23.9 Å². The first-order chi connectivity index (χ1) is 11.1. The molecule has 0 saturated carbocycles. The van der Waals surface area contributed by atoms with Crippen LogP contribution in [0.25, 0.3) is 0 Å². The van der Waals surface area contributed by atoms with E-state index in [9.17, 15) is 20.0 Å². The predicted octanol–water partition coefficient (Wildman–Crippen LogP) is 2.99. The largest absolute Gasteiger partial charge is 0.477 e. The average molecular weight is 311 g/mol. The molecule has 0 aliphatic carbocycles. The number of nitrogens with zero attached hydrogens (tertiary/aromatic N) is 3. The maximum atomic E-state index is 11.3. The Hall–Kier alpha value is -3.22. The van der Waals surface area contributed by atoms with E-state index in [1.807, 2.05) is 30.3 Å². The van der Waals surface area contributed by atoms with Crippen LogP contribution >= 0.6 is 0 Å². The molecule has 116 valence electrons. The number of hydrogen-bond donors (Lipinski definition) is 1. The minimum Gasteiger partial charge on any atom is -0.477 e. The molecule has 0 fully saturated rings. The fourth-order valence-corrected chi connectivity index (χ4v) is 2.56. The molecule has 0 amide bonds. The third-order valence-electron chi connectivity index (χ3n) is 3.65. The second-order valence-electron chi connectivity index (χ2n) is 5.10. The molecule has 0 bridgehead atoms. The zero-order valence-corrected chi connectivity index (χ0v) is 12.0. The highest BCUT2D eigenvalue weighted by Gasteiger charge is 2.32. The number of carboxylic acids is 1. The van der Waals surface area contributed by atoms with Crippen molar-refractivity contribution in [3.8, 4) is 0 Å². The summed E-state index contributed by atoms with van der Waals surface area (Å²) >= 11 is 0. The Balaban J connectivity index is 2.03. The lowest BCUT2D eigenvalue weighted by atomic mass is 10.0. The van der Waals surface area contributed by atoms with Crippen molar-refractivity contribution < 1.29 is 14.8 Å². The number of non-ortho nitro benzene ring substituents is 1. The third-order valence-corrected chi connectivity index (χ3v) is 3.65. The number of carbonyl (C=O) groups is 1. The number of anilines is 1. The van der Waals surface area contributed by atoms with Crippen molar-refractivity contribution in [2.75, 3.05) is 5.01 Å². The van der Waals surface area contributed by atoms with Crippen molar-refractivity contribution >= 4 is 23.1 Å². The summed E-state index contributed by atoms with van der Waals surface area (Å²) in [7, 11) is 0. The van der Waals surface area contributed by atoms with Crippen molar-refractivity contribution in [1.82, 2.24) is 0 Å². The fourth-order valence-electron chi connectivity index (χ4n) is 2.56. The Labute approximate surface area is 131 Å². The lowest BCUT2D eigenvalue weighted by Gasteiger charge is -2.23. The Kier molecular flexibility index (Phi) is 3.76. The van der Waals surface area contributed by atoms with Crippen LogP contribution in [0.5, 0.6) is 0 Å². The maximum absolute atomic E-state index is 11.3. The molecule has 0 radical (unpaired) electrons. The van der Waals surface area contributed by atoms with Gasteiger partial charge in [-0.25, -0.2) is 4.79 Å². The van der Waals surface area contributed by atoms with Crippen molar-refractivity contribution in [2.45, 2.75) is 12.5 Å². The van der Waals surface area contributed by atoms with Gasteiger partial charge in [0.15, 0.2) is 0 Å². The molecular weight excluding hydrogens is 298 g/mol. The molecule has 1 atom stereocenters. The Morgan fingerprint density at radius 1 is 1.22 bits per heavy atom. The quantitative estimate of drug-likeness (QED) is 0.691. The zero-order valence-electron chi connectivity index (χ0n) is 12.0. The van der Waals surface area contributed by atoms with E-state index < -0.39 is 10.9 Å². The van der Waals surface area contributed by atoms with Gasteiger partial charge in [0.05, 0.1) is 16.7 Å². The summed E-state index contributed by atoms with van der Waals surface area (Å²) in [6.45, 7) is 0. The SMILES string of the molecule is O=C(O)C1=NN(c2cccc([N+](=O)[O-])c2)C(c2ccccc2)C1. The lowest BCUT2D eigenvalue weighted by molar-refractivity contribution is -0.384. The van der Waals surface area contributed by atoms with Crippen LogP contribution in [0, 0.1) is 10.1 Å². The second-order valence-corrected chi connectivity index (χ2v) is 5.10. The molecule has 7 nitrogen and oxygen atoms in total. The number of rotatable bonds is 4. The van der Waals surface area contributed by atoms with Crippen LogP contribution in [0.3, 0.4) is 0 Å². The highest BCUT2D eigenvalue weighted by atomic mass is 16.6. The molecular formula is C16H13N3O4. The topological polar surface area (TPSA) is 96.0 Å². The smallest absolute Gasteiger partial charge is 0.352 e. The third kappa shape index (κ3) is 2.89. The summed E-state index contributed by atoms with van der Waals surface area (Å²) in [4.78, 5) is 21.7. The van der Waals surface area contributed by atoms with E-state index in [1.54, 1.807) is 12.1 Å². The molecule has 0 spiro atoms. The van der Waals surface area contributed by atoms with Gasteiger partial charge in [0.1, 0.15) is 5.71 Å². The molecule has 23 heavy (non-hydrogen) atoms. The summed E-state index contributed by atoms with van der Waals surface area (Å²) in [6.07, 6.45) is 0.238. The molecule has 2 aromatic carbocycles. The van der Waals surface area contributed by atoms with Crippen LogP contribution in [0.1, 0.15) is 18.0 Å². The van der Waals surface area contributed by atoms with E-state index in [0.717, 1.165) is 5.56 Å². The van der Waals surface area contributed by atoms with Gasteiger partial charge in [-0.3, -0.25) is 15.1 Å². The highest BCUT2D eigenvalue weighted by Crippen LogP contribution is 2.36. The molecule has 1 aliphatic heterocycles. The zero-order chi connectivity index (χ0) is 16.4. The van der Waals surface area contributed by atoms with Gasteiger partial charge in [0.25, 0.3) is 5.69 Å². The predicted molar refractivity (Wildman–Crippen MR) is 84.4 cm³/mol. The molecule has 1 unspecified atom stereocenters. The van der Waals surface area contributed by atoms with Crippen LogP contribution in [0.15, 0.2) is 59.7 Å². The molecule has 7 heteroatoms. The molecule has 3 rings (SSSR count). The summed E-state index contributed by atoms with van der Waals surface area (Å²) in [6, 6.07) is 15.1. The molecule has 1 aliphatic rings. The number of nitro benzene ring substituents is 1. The fraction of sp³-hybridized carbons (Fsp3) is 0.125. The van der Waals surface area contributed by atoms with Gasteiger partial charge in [0, 0.05) is 18.6 Å². The molecule has 2 aromatic rings. The summed E-state index contributed by atoms with van der Waals surface area (Å²) in [5, 5.41) is 25.8. The number of benzene rings is 2. The van der Waals surface area contributed by atoms with Gasteiger partial charge in [-0.2, -0.15) is 5.10 Å². The van der Waals surface area contributed by atoms with Crippen molar-refractivity contribution in [3.63, 3.8) is 0 Å². The van der Waals surface area contributed by atoms with Gasteiger partial charge < -0.3 is 5.11 Å². The van der Waals surface area contributed by atoms with E-state index in [1.165, 1.54) is 17.1 Å². The van der Waals surface area contributed by atoms with Crippen molar-refractivity contribution in [2.24, 2.45) is 5.10 Å². The second kappa shape index (κ2) is 5.88. The minimum absolute atomic E-state index is 0.0327. The number of aliphatic carboxylic acids is 1. The molecule has 0 saturated heterocycles. The van der Waals surface area contributed by atoms with Crippen molar-refractivity contribution in [3.05, 3.63) is 70.3 Å². The average Bonchev–Trinajstić information content (AvgIpc) is 3.01. The first-order valence-corrected chi connectivity index (χ1v) is 6.95. The first kappa shape index (κ1) is 14.7. The van der Waals surface area contributed by atoms with Gasteiger partial charge in [-0.05, 0) is 11.6 Å². The van der Waals surface area contributed by atoms with E-state index >= 15 is 0 Å². The number of carboxylic acid groups (broad SMARTS) is 1. The summed E-state index contributed by atoms with van der Waals surface area (Å²) < 4.78 is 0. The monoisotopic (exact) mass is 311 g/mol. The molecule has 1 N–H and O–H groups in total. The Morgan fingerprint density at radius 3 is 2.61 bits per heavy atom. The van der Waals surface area contributed by atoms with Gasteiger partial charge in [-0.1, -0.05) is 36.4 Å². The highest BCUT2D eigenvalue weighted by molar-refractivity contribution is 6.36. The van der Waals surface area contributed by atoms with Crippen LogP contribution in [-0.4, -0.2) is 21.7 Å². The van der Waals surface area contributed by atoms with Gasteiger partial charge >= 0.3 is 5.97 Å². The van der Waals surface area contributed by atoms with Crippen LogP contribution < -0.4 is 5.01 Å². The normalized spacial score (nSPS) is 17.0. The minimum atomic E-state index is -1.08. The van der Waals surface area contributed by atoms with Crippen molar-refractivity contribution in [1.29, 1.82) is 0 Å². The Morgan fingerprint density at radius 2 is 1.96 bits per heavy atom. The van der Waals surface area contributed by atoms with Crippen LogP contribution in [0.4, 0.5) is 11.4 Å². The number of nitro groups is 1. The Bertz CT molecular complexity index is 789. The van der Waals surface area contributed by atoms with E-state index in [0.29, 0.717) is 5.69 Å². The summed E-state index contributed by atoms with van der Waals surface area (Å²) in [5.74, 6) is -1.08. The standard InChI is InChI=1S/C16H13N3O4/c20-16(21)14-10-15(11-5-2-1-3-6-11)18(17-14)12-7-4-8-13(9-12)19(22)23/h1-9,15H,10H2,(H,20,21). The van der Waals surface area contributed by atoms with Crippen LogP contribution in [0.2, 0.25) is 0 Å². The van der Waals surface area contributed by atoms with E-state index in [2.05, 4.69) is 5.10 Å². The molecule has 1 heterocycles. The van der Waals surface area contributed by atoms with Gasteiger partial charge in [-0.15, -0.1) is 0 Å². The number of hydrazone groups is 1.